The lowest BCUT2D eigenvalue weighted by Gasteiger charge is -2.23. The summed E-state index contributed by atoms with van der Waals surface area (Å²) in [5, 5.41) is 6.44. The normalized spacial score (nSPS) is 18.4. The Morgan fingerprint density at radius 2 is 2.29 bits per heavy atom. The summed E-state index contributed by atoms with van der Waals surface area (Å²) in [7, 11) is 2.13. The van der Waals surface area contributed by atoms with Gasteiger partial charge in [0.2, 0.25) is 0 Å². The molecule has 2 aliphatic rings. The molecule has 0 fully saturated rings. The van der Waals surface area contributed by atoms with Gasteiger partial charge in [0, 0.05) is 30.0 Å². The molecule has 88 valence electrons. The predicted octanol–water partition coefficient (Wildman–Crippen LogP) is 3.63. The fraction of sp³-hybridized carbons (Fsp3) is 0.231. The summed E-state index contributed by atoms with van der Waals surface area (Å²) in [5.41, 5.74) is 4.97. The molecule has 1 aromatic rings. The highest BCUT2D eigenvalue weighted by Gasteiger charge is 2.18. The minimum Gasteiger partial charge on any atom is -0.380 e. The molecule has 0 aliphatic carbocycles. The first-order valence-corrected chi connectivity index (χ1v) is 6.94. The van der Waals surface area contributed by atoms with Crippen molar-refractivity contribution in [3.05, 3.63) is 45.5 Å². The molecule has 3 rings (SSSR count). The van der Waals surface area contributed by atoms with Gasteiger partial charge in [-0.1, -0.05) is 11.6 Å². The van der Waals surface area contributed by atoms with Crippen LogP contribution in [0.5, 0.6) is 0 Å². The molecule has 0 amide bonds. The highest BCUT2D eigenvalue weighted by molar-refractivity contribution is 8.02. The van der Waals surface area contributed by atoms with Crippen LogP contribution in [0.1, 0.15) is 5.56 Å². The third kappa shape index (κ3) is 2.05. The molecule has 1 N–H and O–H groups in total. The van der Waals surface area contributed by atoms with E-state index in [-0.39, 0.29) is 0 Å². The van der Waals surface area contributed by atoms with Gasteiger partial charge in [-0.05, 0) is 40.8 Å². The second-order valence-corrected chi connectivity index (χ2v) is 5.52. The van der Waals surface area contributed by atoms with E-state index in [1.165, 1.54) is 16.8 Å². The first-order chi connectivity index (χ1) is 8.24. The number of hydrogen-bond acceptors (Lipinski definition) is 3. The van der Waals surface area contributed by atoms with E-state index in [2.05, 4.69) is 28.7 Å². The Balaban J connectivity index is 1.99. The molecule has 2 aliphatic heterocycles. The second kappa shape index (κ2) is 4.31. The molecule has 0 saturated heterocycles. The molecular formula is C13H13ClN2S. The fourth-order valence-electron chi connectivity index (χ4n) is 2.12. The van der Waals surface area contributed by atoms with Gasteiger partial charge in [-0.15, -0.1) is 11.8 Å². The number of thioether (sulfide) groups is 1. The Morgan fingerprint density at radius 3 is 3.06 bits per heavy atom. The standard InChI is InChI=1S/C13H13ClN2S/c1-16-8-17-7-13(16)10-4-9-5-11(14)2-3-12(9)15-6-10/h2-5,7,15H,6,8H2,1H3. The Morgan fingerprint density at radius 1 is 1.41 bits per heavy atom. The van der Waals surface area contributed by atoms with Crippen LogP contribution in [0.25, 0.3) is 6.08 Å². The minimum atomic E-state index is 0.784. The lowest BCUT2D eigenvalue weighted by molar-refractivity contribution is 0.512. The van der Waals surface area contributed by atoms with Crippen LogP contribution >= 0.6 is 23.4 Å². The zero-order valence-corrected chi connectivity index (χ0v) is 11.1. The van der Waals surface area contributed by atoms with Crippen molar-refractivity contribution in [2.45, 2.75) is 0 Å². The van der Waals surface area contributed by atoms with Gasteiger partial charge in [0.05, 0.1) is 5.88 Å². The number of rotatable bonds is 1. The highest BCUT2D eigenvalue weighted by atomic mass is 35.5. The van der Waals surface area contributed by atoms with E-state index in [1.807, 2.05) is 30.0 Å². The van der Waals surface area contributed by atoms with Crippen LogP contribution in [0.4, 0.5) is 5.69 Å². The van der Waals surface area contributed by atoms with Crippen molar-refractivity contribution in [1.82, 2.24) is 4.90 Å². The molecule has 4 heteroatoms. The van der Waals surface area contributed by atoms with Gasteiger partial charge < -0.3 is 10.2 Å². The predicted molar refractivity (Wildman–Crippen MR) is 76.2 cm³/mol. The molecule has 0 saturated carbocycles. The van der Waals surface area contributed by atoms with Gasteiger partial charge in [0.25, 0.3) is 0 Å². The zero-order valence-electron chi connectivity index (χ0n) is 9.53. The smallest absolute Gasteiger partial charge is 0.0677 e. The number of nitrogens with one attached hydrogen (secondary N) is 1. The van der Waals surface area contributed by atoms with Crippen molar-refractivity contribution in [2.24, 2.45) is 0 Å². The van der Waals surface area contributed by atoms with E-state index in [4.69, 9.17) is 11.6 Å². The topological polar surface area (TPSA) is 15.3 Å². The van der Waals surface area contributed by atoms with Crippen LogP contribution in [0.2, 0.25) is 5.02 Å². The van der Waals surface area contributed by atoms with Crippen molar-refractivity contribution < 1.29 is 0 Å². The molecule has 2 nitrogen and oxygen atoms in total. The van der Waals surface area contributed by atoms with Crippen LogP contribution in [-0.2, 0) is 0 Å². The third-order valence-corrected chi connectivity index (χ3v) is 4.18. The second-order valence-electron chi connectivity index (χ2n) is 4.25. The SMILES string of the molecule is CN1CSC=C1C1=Cc2cc(Cl)ccc2NC1. The Hall–Kier alpha value is -1.06. The molecule has 1 aromatic carbocycles. The summed E-state index contributed by atoms with van der Waals surface area (Å²) in [6, 6.07) is 5.96. The van der Waals surface area contributed by atoms with Crippen molar-refractivity contribution in [3.8, 4) is 0 Å². The molecular weight excluding hydrogens is 252 g/mol. The maximum Gasteiger partial charge on any atom is 0.0677 e. The first kappa shape index (κ1) is 11.1. The van der Waals surface area contributed by atoms with Gasteiger partial charge >= 0.3 is 0 Å². The van der Waals surface area contributed by atoms with Crippen LogP contribution in [-0.4, -0.2) is 24.4 Å². The molecule has 17 heavy (non-hydrogen) atoms. The average molecular weight is 265 g/mol. The van der Waals surface area contributed by atoms with E-state index >= 15 is 0 Å². The molecule has 0 spiro atoms. The Bertz CT molecular complexity index is 522. The average Bonchev–Trinajstić information content (AvgIpc) is 2.74. The lowest BCUT2D eigenvalue weighted by atomic mass is 10.0. The monoisotopic (exact) mass is 264 g/mol. The number of anilines is 1. The summed E-state index contributed by atoms with van der Waals surface area (Å²) in [5.74, 6) is 1.04. The van der Waals surface area contributed by atoms with Gasteiger partial charge in [-0.25, -0.2) is 0 Å². The number of fused-ring (bicyclic) bond motifs is 1. The number of halogens is 1. The van der Waals surface area contributed by atoms with Crippen molar-refractivity contribution in [2.75, 3.05) is 24.8 Å². The van der Waals surface area contributed by atoms with Gasteiger partial charge in [0.1, 0.15) is 0 Å². The first-order valence-electron chi connectivity index (χ1n) is 5.51. The van der Waals surface area contributed by atoms with Crippen molar-refractivity contribution in [3.63, 3.8) is 0 Å². The van der Waals surface area contributed by atoms with E-state index in [0.717, 1.165) is 23.1 Å². The number of hydrogen-bond donors (Lipinski definition) is 1. The molecule has 2 heterocycles. The van der Waals surface area contributed by atoms with Crippen LogP contribution < -0.4 is 5.32 Å². The molecule has 0 bridgehead atoms. The number of benzene rings is 1. The molecule has 0 atom stereocenters. The van der Waals surface area contributed by atoms with Gasteiger partial charge in [0.15, 0.2) is 0 Å². The van der Waals surface area contributed by atoms with Gasteiger partial charge in [-0.2, -0.15) is 0 Å². The summed E-state index contributed by atoms with van der Waals surface area (Å²) in [6.45, 7) is 0.880. The number of likely N-dealkylation sites (N-methyl/N-ethyl adjacent to an activating group) is 1. The van der Waals surface area contributed by atoms with E-state index in [9.17, 15) is 0 Å². The zero-order chi connectivity index (χ0) is 11.8. The lowest BCUT2D eigenvalue weighted by Crippen LogP contribution is -2.19. The van der Waals surface area contributed by atoms with Crippen LogP contribution in [0.15, 0.2) is 34.9 Å². The fourth-order valence-corrected chi connectivity index (χ4v) is 3.22. The Labute approximate surface area is 110 Å². The summed E-state index contributed by atoms with van der Waals surface area (Å²) < 4.78 is 0. The Kier molecular flexibility index (Phi) is 2.81. The largest absolute Gasteiger partial charge is 0.380 e. The van der Waals surface area contributed by atoms with Crippen molar-refractivity contribution in [1.29, 1.82) is 0 Å². The van der Waals surface area contributed by atoms with Gasteiger partial charge in [-0.3, -0.25) is 0 Å². The van der Waals surface area contributed by atoms with Crippen LogP contribution in [0.3, 0.4) is 0 Å². The highest BCUT2D eigenvalue weighted by Crippen LogP contribution is 2.33. The van der Waals surface area contributed by atoms with Crippen LogP contribution in [0, 0.1) is 0 Å². The summed E-state index contributed by atoms with van der Waals surface area (Å²) >= 11 is 7.86. The van der Waals surface area contributed by atoms with E-state index in [1.54, 1.807) is 0 Å². The van der Waals surface area contributed by atoms with E-state index in [0.29, 0.717) is 0 Å². The number of nitrogens with zero attached hydrogens (tertiary/aromatic N) is 1. The van der Waals surface area contributed by atoms with Crippen molar-refractivity contribution >= 4 is 35.1 Å². The third-order valence-electron chi connectivity index (χ3n) is 3.02. The van der Waals surface area contributed by atoms with E-state index < -0.39 is 0 Å². The summed E-state index contributed by atoms with van der Waals surface area (Å²) in [4.78, 5) is 2.27. The molecule has 0 aromatic heterocycles. The molecule has 0 radical (unpaired) electrons. The maximum absolute atomic E-state index is 6.03. The summed E-state index contributed by atoms with van der Waals surface area (Å²) in [6.07, 6.45) is 2.23. The quantitative estimate of drug-likeness (QED) is 0.834. The maximum atomic E-state index is 6.03. The minimum absolute atomic E-state index is 0.784. The molecule has 0 unspecified atom stereocenters.